The molecule has 0 radical (unpaired) electrons. The Morgan fingerprint density at radius 2 is 1.80 bits per heavy atom. The zero-order chi connectivity index (χ0) is 17.8. The third kappa shape index (κ3) is 3.95. The van der Waals surface area contributed by atoms with Crippen molar-refractivity contribution in [3.05, 3.63) is 89.0 Å². The van der Waals surface area contributed by atoms with Crippen LogP contribution >= 0.6 is 11.6 Å². The zero-order valence-electron chi connectivity index (χ0n) is 13.1. The van der Waals surface area contributed by atoms with Crippen molar-refractivity contribution in [2.75, 3.05) is 5.32 Å². The van der Waals surface area contributed by atoms with Gasteiger partial charge in [-0.05, 0) is 35.9 Å². The molecule has 2 aromatic carbocycles. The molecule has 0 atom stereocenters. The van der Waals surface area contributed by atoms with E-state index in [1.165, 1.54) is 12.1 Å². The van der Waals surface area contributed by atoms with Gasteiger partial charge >= 0.3 is 0 Å². The highest BCUT2D eigenvalue weighted by molar-refractivity contribution is 6.46. The van der Waals surface area contributed by atoms with E-state index in [-0.39, 0.29) is 16.4 Å². The molecule has 0 unspecified atom stereocenters. The lowest BCUT2D eigenvalue weighted by Crippen LogP contribution is -2.25. The highest BCUT2D eigenvalue weighted by Crippen LogP contribution is 2.19. The third-order valence-corrected chi connectivity index (χ3v) is 3.88. The van der Waals surface area contributed by atoms with E-state index in [1.54, 1.807) is 22.9 Å². The maximum absolute atomic E-state index is 13.8. The van der Waals surface area contributed by atoms with Gasteiger partial charge in [-0.15, -0.1) is 0 Å². The number of anilines is 1. The highest BCUT2D eigenvalue weighted by Gasteiger charge is 2.21. The van der Waals surface area contributed by atoms with Crippen molar-refractivity contribution in [1.82, 2.24) is 4.57 Å². The minimum absolute atomic E-state index is 0.0936. The Hall–Kier alpha value is -2.92. The molecule has 0 aliphatic heterocycles. The quantitative estimate of drug-likeness (QED) is 0.551. The molecule has 4 nitrogen and oxygen atoms in total. The van der Waals surface area contributed by atoms with Gasteiger partial charge in [-0.1, -0.05) is 41.9 Å². The predicted molar refractivity (Wildman–Crippen MR) is 94.3 cm³/mol. The van der Waals surface area contributed by atoms with Gasteiger partial charge in [-0.3, -0.25) is 9.59 Å². The molecule has 0 spiro atoms. The fraction of sp³-hybridized carbons (Fsp3) is 0.0526. The number of halogens is 2. The van der Waals surface area contributed by atoms with Gasteiger partial charge in [0.1, 0.15) is 5.82 Å². The lowest BCUT2D eigenvalue weighted by molar-refractivity contribution is -0.112. The van der Waals surface area contributed by atoms with Crippen molar-refractivity contribution in [2.24, 2.45) is 0 Å². The van der Waals surface area contributed by atoms with E-state index < -0.39 is 17.5 Å². The fourth-order valence-corrected chi connectivity index (χ4v) is 2.58. The fourth-order valence-electron chi connectivity index (χ4n) is 2.42. The number of Topliss-reactive ketones (excluding diaryl/α,β-unsaturated/α-hetero) is 1. The summed E-state index contributed by atoms with van der Waals surface area (Å²) >= 11 is 5.67. The van der Waals surface area contributed by atoms with Gasteiger partial charge in [0.05, 0.1) is 11.4 Å². The van der Waals surface area contributed by atoms with Crippen molar-refractivity contribution in [2.45, 2.75) is 6.54 Å². The number of nitrogens with zero attached hydrogens (tertiary/aromatic N) is 1. The summed E-state index contributed by atoms with van der Waals surface area (Å²) in [6.07, 6.45) is 1.72. The van der Waals surface area contributed by atoms with Gasteiger partial charge < -0.3 is 9.88 Å². The highest BCUT2D eigenvalue weighted by atomic mass is 35.5. The Labute approximate surface area is 148 Å². The molecule has 1 aromatic heterocycles. The molecule has 0 saturated carbocycles. The van der Waals surface area contributed by atoms with Crippen molar-refractivity contribution in [3.63, 3.8) is 0 Å². The average Bonchev–Trinajstić information content (AvgIpc) is 3.05. The molecule has 6 heteroatoms. The second-order valence-electron chi connectivity index (χ2n) is 5.41. The topological polar surface area (TPSA) is 51.1 Å². The molecule has 0 aliphatic rings. The molecule has 3 rings (SSSR count). The van der Waals surface area contributed by atoms with Gasteiger partial charge in [0, 0.05) is 17.8 Å². The monoisotopic (exact) mass is 356 g/mol. The predicted octanol–water partition coefficient (Wildman–Crippen LogP) is 4.15. The Bertz CT molecular complexity index is 922. The lowest BCUT2D eigenvalue weighted by Gasteiger charge is -2.09. The number of carbonyl (C=O) groups excluding carboxylic acids is 2. The van der Waals surface area contributed by atoms with Gasteiger partial charge in [-0.2, -0.15) is 0 Å². The first-order chi connectivity index (χ1) is 12.0. The maximum Gasteiger partial charge on any atom is 0.298 e. The summed E-state index contributed by atoms with van der Waals surface area (Å²) < 4.78 is 15.4. The number of aromatic nitrogens is 1. The first kappa shape index (κ1) is 16.9. The van der Waals surface area contributed by atoms with Crippen LogP contribution in [0.4, 0.5) is 10.1 Å². The summed E-state index contributed by atoms with van der Waals surface area (Å²) in [4.78, 5) is 24.6. The Morgan fingerprint density at radius 1 is 1.04 bits per heavy atom. The summed E-state index contributed by atoms with van der Waals surface area (Å²) in [6, 6.07) is 16.6. The average molecular weight is 357 g/mol. The Morgan fingerprint density at radius 3 is 2.52 bits per heavy atom. The van der Waals surface area contributed by atoms with Crippen LogP contribution in [0.2, 0.25) is 5.02 Å². The van der Waals surface area contributed by atoms with Crippen LogP contribution < -0.4 is 5.32 Å². The molecular weight excluding hydrogens is 343 g/mol. The van der Waals surface area contributed by atoms with Gasteiger partial charge in [-0.25, -0.2) is 4.39 Å². The molecule has 1 N–H and O–H groups in total. The maximum atomic E-state index is 13.8. The smallest absolute Gasteiger partial charge is 0.298 e. The van der Waals surface area contributed by atoms with Crippen LogP contribution in [0.15, 0.2) is 66.9 Å². The van der Waals surface area contributed by atoms with Gasteiger partial charge in [0.25, 0.3) is 11.7 Å². The molecule has 0 bridgehead atoms. The first-order valence-electron chi connectivity index (χ1n) is 7.54. The van der Waals surface area contributed by atoms with E-state index in [1.807, 2.05) is 30.3 Å². The normalized spacial score (nSPS) is 10.5. The molecule has 3 aromatic rings. The summed E-state index contributed by atoms with van der Waals surface area (Å²) in [5, 5.41) is 2.49. The standard InChI is InChI=1S/C19H14ClFN2O2/c20-14-8-9-16(15(21)11-14)22-19(25)18(24)17-7-4-10-23(17)12-13-5-2-1-3-6-13/h1-11H,12H2,(H,22,25). The molecule has 1 amide bonds. The number of hydrogen-bond acceptors (Lipinski definition) is 2. The van der Waals surface area contributed by atoms with Crippen molar-refractivity contribution in [3.8, 4) is 0 Å². The Kier molecular flexibility index (Phi) is 4.95. The molecular formula is C19H14ClFN2O2. The number of nitrogens with one attached hydrogen (secondary N) is 1. The summed E-state index contributed by atoms with van der Waals surface area (Å²) in [5.41, 5.74) is 1.14. The Balaban J connectivity index is 1.77. The van der Waals surface area contributed by atoms with Crippen molar-refractivity contribution >= 4 is 29.0 Å². The second-order valence-corrected chi connectivity index (χ2v) is 5.85. The first-order valence-corrected chi connectivity index (χ1v) is 7.92. The minimum Gasteiger partial charge on any atom is -0.340 e. The van der Waals surface area contributed by atoms with Crippen molar-refractivity contribution in [1.29, 1.82) is 0 Å². The van der Waals surface area contributed by atoms with Crippen LogP contribution in [0.1, 0.15) is 16.1 Å². The molecule has 0 fully saturated rings. The van der Waals surface area contributed by atoms with Crippen LogP contribution in [0.3, 0.4) is 0 Å². The van der Waals surface area contributed by atoms with Crippen LogP contribution in [0, 0.1) is 5.82 Å². The lowest BCUT2D eigenvalue weighted by atomic mass is 10.2. The van der Waals surface area contributed by atoms with E-state index in [2.05, 4.69) is 5.32 Å². The van der Waals surface area contributed by atoms with Crippen LogP contribution in [0.5, 0.6) is 0 Å². The van der Waals surface area contributed by atoms with Gasteiger partial charge in [0.2, 0.25) is 0 Å². The van der Waals surface area contributed by atoms with Crippen LogP contribution in [0.25, 0.3) is 0 Å². The molecule has 0 saturated heterocycles. The third-order valence-electron chi connectivity index (χ3n) is 3.64. The largest absolute Gasteiger partial charge is 0.340 e. The minimum atomic E-state index is -0.908. The summed E-state index contributed by atoms with van der Waals surface area (Å²) in [6.45, 7) is 0.456. The molecule has 25 heavy (non-hydrogen) atoms. The number of hydrogen-bond donors (Lipinski definition) is 1. The van der Waals surface area contributed by atoms with E-state index >= 15 is 0 Å². The van der Waals surface area contributed by atoms with Crippen LogP contribution in [-0.2, 0) is 11.3 Å². The number of benzene rings is 2. The van der Waals surface area contributed by atoms with Crippen LogP contribution in [-0.4, -0.2) is 16.3 Å². The second kappa shape index (κ2) is 7.32. The molecule has 126 valence electrons. The van der Waals surface area contributed by atoms with Crippen molar-refractivity contribution < 1.29 is 14.0 Å². The number of carbonyl (C=O) groups is 2. The summed E-state index contributed by atoms with van der Waals surface area (Å²) in [5.74, 6) is -2.35. The van der Waals surface area contributed by atoms with Gasteiger partial charge in [0.15, 0.2) is 0 Å². The summed E-state index contributed by atoms with van der Waals surface area (Å²) in [7, 11) is 0. The van der Waals surface area contributed by atoms with E-state index in [4.69, 9.17) is 11.6 Å². The SMILES string of the molecule is O=C(Nc1ccc(Cl)cc1F)C(=O)c1cccn1Cc1ccccc1. The van der Waals surface area contributed by atoms with E-state index in [9.17, 15) is 14.0 Å². The van der Waals surface area contributed by atoms with E-state index in [0.29, 0.717) is 6.54 Å². The van der Waals surface area contributed by atoms with E-state index in [0.717, 1.165) is 11.6 Å². The molecule has 1 heterocycles. The number of rotatable bonds is 5. The zero-order valence-corrected chi connectivity index (χ0v) is 13.8. The number of amides is 1. The molecule has 0 aliphatic carbocycles. The number of ketones is 1.